The summed E-state index contributed by atoms with van der Waals surface area (Å²) in [7, 11) is 3.26. The highest BCUT2D eigenvalue weighted by Gasteiger charge is 2.19. The van der Waals surface area contributed by atoms with Crippen molar-refractivity contribution in [1.82, 2.24) is 4.90 Å². The van der Waals surface area contributed by atoms with E-state index in [1.54, 1.807) is 14.2 Å². The molecule has 0 spiro atoms. The zero-order valence-electron chi connectivity index (χ0n) is 13.7. The van der Waals surface area contributed by atoms with Crippen molar-refractivity contribution >= 4 is 11.6 Å². The van der Waals surface area contributed by atoms with Gasteiger partial charge in [-0.1, -0.05) is 6.92 Å². The zero-order valence-corrected chi connectivity index (χ0v) is 13.7. The lowest BCUT2D eigenvalue weighted by Gasteiger charge is -2.30. The van der Waals surface area contributed by atoms with Gasteiger partial charge in [0.15, 0.2) is 0 Å². The van der Waals surface area contributed by atoms with E-state index in [-0.39, 0.29) is 5.91 Å². The number of carbonyl (C=O) groups excluding carboxylic acids is 1. The fourth-order valence-corrected chi connectivity index (χ4v) is 2.67. The molecule has 0 bridgehead atoms. The Kier molecular flexibility index (Phi) is 5.92. The van der Waals surface area contributed by atoms with Gasteiger partial charge in [0, 0.05) is 32.1 Å². The van der Waals surface area contributed by atoms with Crippen LogP contribution in [0.4, 0.5) is 5.69 Å². The lowest BCUT2D eigenvalue weighted by molar-refractivity contribution is -0.132. The first-order valence-corrected chi connectivity index (χ1v) is 7.87. The van der Waals surface area contributed by atoms with Crippen molar-refractivity contribution in [3.8, 4) is 11.5 Å². The van der Waals surface area contributed by atoms with Crippen LogP contribution in [-0.2, 0) is 4.79 Å². The highest BCUT2D eigenvalue weighted by atomic mass is 16.5. The molecular weight excluding hydrogens is 280 g/mol. The number of nitrogens with one attached hydrogen (secondary N) is 1. The van der Waals surface area contributed by atoms with E-state index in [0.717, 1.165) is 49.0 Å². The quantitative estimate of drug-likeness (QED) is 0.878. The van der Waals surface area contributed by atoms with Gasteiger partial charge in [-0.25, -0.2) is 0 Å². The lowest BCUT2D eigenvalue weighted by Crippen LogP contribution is -2.38. The maximum atomic E-state index is 12.2. The number of nitrogens with zero attached hydrogens (tertiary/aromatic N) is 1. The normalized spacial score (nSPS) is 15.5. The van der Waals surface area contributed by atoms with Crippen molar-refractivity contribution in [2.24, 2.45) is 5.92 Å². The van der Waals surface area contributed by atoms with Gasteiger partial charge < -0.3 is 19.7 Å². The number of carbonyl (C=O) groups is 1. The van der Waals surface area contributed by atoms with Crippen molar-refractivity contribution < 1.29 is 14.3 Å². The first kappa shape index (κ1) is 16.5. The van der Waals surface area contributed by atoms with Gasteiger partial charge in [0.2, 0.25) is 5.91 Å². The summed E-state index contributed by atoms with van der Waals surface area (Å²) in [4.78, 5) is 14.2. The molecule has 0 atom stereocenters. The van der Waals surface area contributed by atoms with Crippen LogP contribution in [0.3, 0.4) is 0 Å². The molecule has 122 valence electrons. The van der Waals surface area contributed by atoms with Gasteiger partial charge in [0.1, 0.15) is 11.5 Å². The summed E-state index contributed by atoms with van der Waals surface area (Å²) in [6, 6.07) is 5.59. The number of piperidine rings is 1. The van der Waals surface area contributed by atoms with Crippen LogP contribution in [0.2, 0.25) is 0 Å². The smallest absolute Gasteiger partial charge is 0.224 e. The number of rotatable bonds is 6. The third-order valence-corrected chi connectivity index (χ3v) is 4.20. The monoisotopic (exact) mass is 306 g/mol. The molecule has 1 N–H and O–H groups in total. The van der Waals surface area contributed by atoms with Gasteiger partial charge in [0.25, 0.3) is 0 Å². The largest absolute Gasteiger partial charge is 0.497 e. The van der Waals surface area contributed by atoms with Crippen molar-refractivity contribution in [3.63, 3.8) is 0 Å². The average molecular weight is 306 g/mol. The Morgan fingerprint density at radius 1 is 1.27 bits per heavy atom. The molecule has 1 heterocycles. The zero-order chi connectivity index (χ0) is 15.9. The molecule has 5 heteroatoms. The summed E-state index contributed by atoms with van der Waals surface area (Å²) in [5.41, 5.74) is 0.849. The Morgan fingerprint density at radius 2 is 2.00 bits per heavy atom. The summed E-state index contributed by atoms with van der Waals surface area (Å²) < 4.78 is 10.5. The molecule has 1 aromatic carbocycles. The van der Waals surface area contributed by atoms with E-state index in [4.69, 9.17) is 9.47 Å². The second kappa shape index (κ2) is 7.92. The van der Waals surface area contributed by atoms with Crippen LogP contribution in [0.5, 0.6) is 11.5 Å². The molecule has 1 aromatic rings. The Bertz CT molecular complexity index is 497. The minimum absolute atomic E-state index is 0.223. The molecule has 2 rings (SSSR count). The molecule has 0 saturated carbocycles. The van der Waals surface area contributed by atoms with Gasteiger partial charge in [0.05, 0.1) is 19.9 Å². The molecule has 0 radical (unpaired) electrons. The Labute approximate surface area is 132 Å². The minimum atomic E-state index is 0.223. The predicted molar refractivity (Wildman–Crippen MR) is 87.6 cm³/mol. The number of benzene rings is 1. The maximum absolute atomic E-state index is 12.2. The number of amides is 1. The first-order valence-electron chi connectivity index (χ1n) is 7.87. The third-order valence-electron chi connectivity index (χ3n) is 4.20. The molecule has 0 aliphatic carbocycles. The van der Waals surface area contributed by atoms with Crippen molar-refractivity contribution in [3.05, 3.63) is 18.2 Å². The molecule has 1 saturated heterocycles. The van der Waals surface area contributed by atoms with Crippen LogP contribution in [0.1, 0.15) is 26.2 Å². The van der Waals surface area contributed by atoms with Gasteiger partial charge in [-0.2, -0.15) is 0 Å². The van der Waals surface area contributed by atoms with Gasteiger partial charge in [-0.05, 0) is 30.9 Å². The molecule has 5 nitrogen and oxygen atoms in total. The van der Waals surface area contributed by atoms with E-state index >= 15 is 0 Å². The maximum Gasteiger partial charge on any atom is 0.224 e. The molecule has 1 amide bonds. The molecular formula is C17H26N2O3. The Balaban J connectivity index is 1.84. The SMILES string of the molecule is COc1ccc(OC)c(NCCC(=O)N2CCC(C)CC2)c1. The fraction of sp³-hybridized carbons (Fsp3) is 0.588. The van der Waals surface area contributed by atoms with Crippen LogP contribution in [0.15, 0.2) is 18.2 Å². The van der Waals surface area contributed by atoms with E-state index in [0.29, 0.717) is 13.0 Å². The van der Waals surface area contributed by atoms with E-state index in [9.17, 15) is 4.79 Å². The van der Waals surface area contributed by atoms with Crippen molar-refractivity contribution in [2.45, 2.75) is 26.2 Å². The van der Waals surface area contributed by atoms with E-state index in [2.05, 4.69) is 12.2 Å². The van der Waals surface area contributed by atoms with Crippen LogP contribution in [0.25, 0.3) is 0 Å². The summed E-state index contributed by atoms with van der Waals surface area (Å²) >= 11 is 0. The second-order valence-electron chi connectivity index (χ2n) is 5.81. The average Bonchev–Trinajstić information content (AvgIpc) is 2.55. The predicted octanol–water partition coefficient (Wildman–Crippen LogP) is 2.76. The first-order chi connectivity index (χ1) is 10.6. The molecule has 1 aliphatic heterocycles. The fourth-order valence-electron chi connectivity index (χ4n) is 2.67. The third kappa shape index (κ3) is 4.29. The number of ether oxygens (including phenoxy) is 2. The van der Waals surface area contributed by atoms with Crippen molar-refractivity contribution in [1.29, 1.82) is 0 Å². The number of hydrogen-bond donors (Lipinski definition) is 1. The van der Waals surface area contributed by atoms with Gasteiger partial charge in [-0.15, -0.1) is 0 Å². The Morgan fingerprint density at radius 3 is 2.64 bits per heavy atom. The standard InChI is InChI=1S/C17H26N2O3/c1-13-7-10-19(11-8-13)17(20)6-9-18-15-12-14(21-2)4-5-16(15)22-3/h4-5,12-13,18H,6-11H2,1-3H3. The van der Waals surface area contributed by atoms with E-state index in [1.807, 2.05) is 23.1 Å². The highest BCUT2D eigenvalue weighted by molar-refractivity contribution is 5.77. The van der Waals surface area contributed by atoms with Gasteiger partial charge >= 0.3 is 0 Å². The van der Waals surface area contributed by atoms with E-state index < -0.39 is 0 Å². The van der Waals surface area contributed by atoms with Crippen LogP contribution >= 0.6 is 0 Å². The summed E-state index contributed by atoms with van der Waals surface area (Å²) in [6.45, 7) is 4.62. The summed E-state index contributed by atoms with van der Waals surface area (Å²) in [5, 5.41) is 3.27. The molecule has 1 aliphatic rings. The van der Waals surface area contributed by atoms with Crippen LogP contribution in [-0.4, -0.2) is 44.7 Å². The van der Waals surface area contributed by atoms with Crippen LogP contribution in [0, 0.1) is 5.92 Å². The number of hydrogen-bond acceptors (Lipinski definition) is 4. The molecule has 1 fully saturated rings. The number of anilines is 1. The van der Waals surface area contributed by atoms with Crippen molar-refractivity contribution in [2.75, 3.05) is 39.2 Å². The molecule has 22 heavy (non-hydrogen) atoms. The number of methoxy groups -OCH3 is 2. The molecule has 0 unspecified atom stereocenters. The summed E-state index contributed by atoms with van der Waals surface area (Å²) in [5.74, 6) is 2.48. The van der Waals surface area contributed by atoms with E-state index in [1.165, 1.54) is 0 Å². The minimum Gasteiger partial charge on any atom is -0.497 e. The second-order valence-corrected chi connectivity index (χ2v) is 5.81. The summed E-state index contributed by atoms with van der Waals surface area (Å²) in [6.07, 6.45) is 2.72. The topological polar surface area (TPSA) is 50.8 Å². The molecule has 0 aromatic heterocycles. The lowest BCUT2D eigenvalue weighted by atomic mass is 9.99. The van der Waals surface area contributed by atoms with Gasteiger partial charge in [-0.3, -0.25) is 4.79 Å². The Hall–Kier alpha value is -1.91. The number of likely N-dealkylation sites (tertiary alicyclic amines) is 1. The highest BCUT2D eigenvalue weighted by Crippen LogP contribution is 2.28. The van der Waals surface area contributed by atoms with Crippen LogP contribution < -0.4 is 14.8 Å².